The minimum atomic E-state index is -0.443. The summed E-state index contributed by atoms with van der Waals surface area (Å²) in [6.07, 6.45) is 2.89. The molecule has 2 aromatic heterocycles. The molecule has 2 heterocycles. The van der Waals surface area contributed by atoms with E-state index in [0.717, 1.165) is 0 Å². The number of hydrogen-bond donors (Lipinski definition) is 2. The minimum Gasteiger partial charge on any atom is -0.462 e. The summed E-state index contributed by atoms with van der Waals surface area (Å²) < 4.78 is 4.90. The molecule has 0 radical (unpaired) electrons. The van der Waals surface area contributed by atoms with Crippen LogP contribution in [-0.2, 0) is 4.74 Å². The molecule has 2 aromatic rings. The van der Waals surface area contributed by atoms with Crippen LogP contribution in [0.4, 0.5) is 5.00 Å². The maximum atomic E-state index is 11.8. The lowest BCUT2D eigenvalue weighted by molar-refractivity contribution is 0.0528. The molecule has 1 amide bonds. The number of H-pyrrole nitrogens is 1. The first-order valence-electron chi connectivity index (χ1n) is 5.27. The lowest BCUT2D eigenvalue weighted by atomic mass is 10.3. The normalized spacial score (nSPS) is 10.1. The fraction of sp³-hybridized carbons (Fsp3) is 0.182. The second kappa shape index (κ2) is 5.46. The molecular weight excluding hydrogens is 254 g/mol. The molecule has 0 spiro atoms. The van der Waals surface area contributed by atoms with Crippen LogP contribution in [0.5, 0.6) is 0 Å². The van der Waals surface area contributed by atoms with Crippen LogP contribution in [0.1, 0.15) is 27.6 Å². The third-order valence-electron chi connectivity index (χ3n) is 2.15. The summed E-state index contributed by atoms with van der Waals surface area (Å²) in [6.45, 7) is 2.03. The Labute approximate surface area is 107 Å². The number of ether oxygens (including phenoxy) is 1. The molecule has 0 unspecified atom stereocenters. The molecule has 2 N–H and O–H groups in total. The van der Waals surface area contributed by atoms with Gasteiger partial charge in [0.1, 0.15) is 5.00 Å². The Kier molecular flexibility index (Phi) is 3.73. The zero-order valence-corrected chi connectivity index (χ0v) is 10.4. The highest BCUT2D eigenvalue weighted by atomic mass is 32.1. The molecule has 0 aliphatic rings. The number of aromatic nitrogens is 2. The molecule has 0 saturated carbocycles. The maximum Gasteiger partial charge on any atom is 0.341 e. The fourth-order valence-electron chi connectivity index (χ4n) is 1.33. The second-order valence-corrected chi connectivity index (χ2v) is 4.24. The fourth-order valence-corrected chi connectivity index (χ4v) is 2.10. The Bertz CT molecular complexity index is 548. The van der Waals surface area contributed by atoms with Gasteiger partial charge in [-0.1, -0.05) is 0 Å². The first-order valence-corrected chi connectivity index (χ1v) is 6.15. The Morgan fingerprint density at radius 3 is 3.06 bits per heavy atom. The lowest BCUT2D eigenvalue weighted by Crippen LogP contribution is -2.13. The monoisotopic (exact) mass is 265 g/mol. The molecule has 0 saturated heterocycles. The van der Waals surface area contributed by atoms with Gasteiger partial charge in [-0.3, -0.25) is 9.89 Å². The van der Waals surface area contributed by atoms with Crippen molar-refractivity contribution in [2.75, 3.05) is 11.9 Å². The highest BCUT2D eigenvalue weighted by Crippen LogP contribution is 2.24. The molecule has 0 aliphatic heterocycles. The highest BCUT2D eigenvalue weighted by molar-refractivity contribution is 7.14. The number of hydrogen-bond acceptors (Lipinski definition) is 5. The van der Waals surface area contributed by atoms with Gasteiger partial charge in [0.05, 0.1) is 23.9 Å². The Morgan fingerprint density at radius 1 is 1.56 bits per heavy atom. The molecule has 0 bridgehead atoms. The zero-order valence-electron chi connectivity index (χ0n) is 9.60. The van der Waals surface area contributed by atoms with Crippen molar-refractivity contribution >= 4 is 28.2 Å². The van der Waals surface area contributed by atoms with Crippen molar-refractivity contribution < 1.29 is 14.3 Å². The molecule has 94 valence electrons. The summed E-state index contributed by atoms with van der Waals surface area (Å²) in [7, 11) is 0. The quantitative estimate of drug-likeness (QED) is 0.827. The number of anilines is 1. The number of carbonyl (C=O) groups is 2. The van der Waals surface area contributed by atoms with E-state index in [1.807, 2.05) is 0 Å². The van der Waals surface area contributed by atoms with Gasteiger partial charge < -0.3 is 10.1 Å². The molecule has 0 aromatic carbocycles. The number of nitrogens with one attached hydrogen (secondary N) is 2. The highest BCUT2D eigenvalue weighted by Gasteiger charge is 2.16. The Balaban J connectivity index is 2.13. The van der Waals surface area contributed by atoms with Crippen molar-refractivity contribution in [1.29, 1.82) is 0 Å². The van der Waals surface area contributed by atoms with Crippen LogP contribution in [0.2, 0.25) is 0 Å². The number of amides is 1. The smallest absolute Gasteiger partial charge is 0.341 e. The SMILES string of the molecule is CCOC(=O)c1ccsc1NC(=O)c1cn[nH]c1. The van der Waals surface area contributed by atoms with Crippen molar-refractivity contribution in [3.05, 3.63) is 35.0 Å². The van der Waals surface area contributed by atoms with Crippen LogP contribution in [0.15, 0.2) is 23.8 Å². The van der Waals surface area contributed by atoms with E-state index in [-0.39, 0.29) is 5.91 Å². The van der Waals surface area contributed by atoms with E-state index in [0.29, 0.717) is 22.7 Å². The van der Waals surface area contributed by atoms with E-state index in [4.69, 9.17) is 4.74 Å². The van der Waals surface area contributed by atoms with Gasteiger partial charge in [-0.15, -0.1) is 11.3 Å². The van der Waals surface area contributed by atoms with Crippen molar-refractivity contribution in [3.63, 3.8) is 0 Å². The average molecular weight is 265 g/mol. The van der Waals surface area contributed by atoms with E-state index < -0.39 is 5.97 Å². The van der Waals surface area contributed by atoms with Crippen LogP contribution >= 0.6 is 11.3 Å². The van der Waals surface area contributed by atoms with Gasteiger partial charge in [-0.2, -0.15) is 5.10 Å². The molecular formula is C11H11N3O3S. The standard InChI is InChI=1S/C11H11N3O3S/c1-2-17-11(16)8-3-4-18-10(8)14-9(15)7-5-12-13-6-7/h3-6H,2H2,1H3,(H,12,13)(H,14,15). The van der Waals surface area contributed by atoms with Crippen LogP contribution in [0, 0.1) is 0 Å². The van der Waals surface area contributed by atoms with Gasteiger partial charge in [-0.25, -0.2) is 4.79 Å². The van der Waals surface area contributed by atoms with E-state index in [1.165, 1.54) is 23.7 Å². The molecule has 7 heteroatoms. The average Bonchev–Trinajstić information content (AvgIpc) is 2.99. The van der Waals surface area contributed by atoms with Gasteiger partial charge in [0.25, 0.3) is 5.91 Å². The number of esters is 1. The Morgan fingerprint density at radius 2 is 2.39 bits per heavy atom. The van der Waals surface area contributed by atoms with E-state index in [2.05, 4.69) is 15.5 Å². The van der Waals surface area contributed by atoms with Crippen LogP contribution in [0.25, 0.3) is 0 Å². The number of nitrogens with zero attached hydrogens (tertiary/aromatic N) is 1. The summed E-state index contributed by atoms with van der Waals surface area (Å²) >= 11 is 1.27. The van der Waals surface area contributed by atoms with Gasteiger partial charge >= 0.3 is 5.97 Å². The lowest BCUT2D eigenvalue weighted by Gasteiger charge is -2.04. The molecule has 0 aliphatic carbocycles. The predicted octanol–water partition coefficient (Wildman–Crippen LogP) is 1.90. The summed E-state index contributed by atoms with van der Waals surface area (Å²) in [5.41, 5.74) is 0.761. The first-order chi connectivity index (χ1) is 8.72. The maximum absolute atomic E-state index is 11.8. The van der Waals surface area contributed by atoms with Crippen molar-refractivity contribution in [3.8, 4) is 0 Å². The van der Waals surface area contributed by atoms with Crippen molar-refractivity contribution in [2.45, 2.75) is 6.92 Å². The number of thiophene rings is 1. The topological polar surface area (TPSA) is 84.1 Å². The van der Waals surface area contributed by atoms with Crippen LogP contribution in [0.3, 0.4) is 0 Å². The van der Waals surface area contributed by atoms with E-state index in [1.54, 1.807) is 18.4 Å². The zero-order chi connectivity index (χ0) is 13.0. The summed E-state index contributed by atoms with van der Waals surface area (Å²) in [4.78, 5) is 23.4. The summed E-state index contributed by atoms with van der Waals surface area (Å²) in [5.74, 6) is -0.766. The number of aromatic amines is 1. The van der Waals surface area contributed by atoms with E-state index >= 15 is 0 Å². The summed E-state index contributed by atoms with van der Waals surface area (Å²) in [5, 5.41) is 11.1. The molecule has 0 atom stereocenters. The van der Waals surface area contributed by atoms with Gasteiger partial charge in [0.15, 0.2) is 0 Å². The molecule has 2 rings (SSSR count). The third kappa shape index (κ3) is 2.57. The minimum absolute atomic E-state index is 0.295. The Hall–Kier alpha value is -2.15. The number of carbonyl (C=O) groups excluding carboxylic acids is 2. The third-order valence-corrected chi connectivity index (χ3v) is 2.98. The van der Waals surface area contributed by atoms with Gasteiger partial charge in [-0.05, 0) is 18.4 Å². The molecule has 0 fully saturated rings. The van der Waals surface area contributed by atoms with Gasteiger partial charge in [0, 0.05) is 6.20 Å². The van der Waals surface area contributed by atoms with Gasteiger partial charge in [0.2, 0.25) is 0 Å². The van der Waals surface area contributed by atoms with Crippen molar-refractivity contribution in [1.82, 2.24) is 10.2 Å². The largest absolute Gasteiger partial charge is 0.462 e. The second-order valence-electron chi connectivity index (χ2n) is 3.32. The predicted molar refractivity (Wildman–Crippen MR) is 66.8 cm³/mol. The summed E-state index contributed by atoms with van der Waals surface area (Å²) in [6, 6.07) is 1.62. The van der Waals surface area contributed by atoms with Crippen molar-refractivity contribution in [2.24, 2.45) is 0 Å². The number of rotatable bonds is 4. The van der Waals surface area contributed by atoms with Crippen LogP contribution < -0.4 is 5.32 Å². The molecule has 6 nitrogen and oxygen atoms in total. The molecule has 18 heavy (non-hydrogen) atoms. The van der Waals surface area contributed by atoms with E-state index in [9.17, 15) is 9.59 Å². The van der Waals surface area contributed by atoms with Crippen LogP contribution in [-0.4, -0.2) is 28.7 Å². The first kappa shape index (κ1) is 12.3.